The third-order valence-electron chi connectivity index (χ3n) is 3.46. The van der Waals surface area contributed by atoms with Crippen LogP contribution >= 0.6 is 0 Å². The van der Waals surface area contributed by atoms with Crippen LogP contribution in [0.15, 0.2) is 24.5 Å². The number of aromatic nitrogens is 2. The van der Waals surface area contributed by atoms with E-state index in [1.165, 1.54) is 27.9 Å². The molecule has 1 aliphatic rings. The summed E-state index contributed by atoms with van der Waals surface area (Å²) in [6.45, 7) is 7.40. The lowest BCUT2D eigenvalue weighted by Crippen LogP contribution is -2.32. The summed E-state index contributed by atoms with van der Waals surface area (Å²) in [4.78, 5) is 4.39. The first-order valence-electron chi connectivity index (χ1n) is 5.62. The van der Waals surface area contributed by atoms with E-state index >= 15 is 0 Å². The molecule has 0 aromatic carbocycles. The van der Waals surface area contributed by atoms with Crippen LogP contribution in [0.25, 0.3) is 11.3 Å². The highest BCUT2D eigenvalue weighted by Gasteiger charge is 2.28. The van der Waals surface area contributed by atoms with E-state index in [4.69, 9.17) is 0 Å². The summed E-state index contributed by atoms with van der Waals surface area (Å²) in [6, 6.07) is 4.40. The molecule has 0 spiro atoms. The highest BCUT2D eigenvalue weighted by atomic mass is 15.0. The van der Waals surface area contributed by atoms with Crippen LogP contribution in [0, 0.1) is 20.8 Å². The van der Waals surface area contributed by atoms with E-state index in [1.54, 1.807) is 0 Å². The van der Waals surface area contributed by atoms with Gasteiger partial charge in [0.1, 0.15) is 0 Å². The summed E-state index contributed by atoms with van der Waals surface area (Å²) in [7, 11) is 0. The van der Waals surface area contributed by atoms with E-state index in [1.807, 2.05) is 6.20 Å². The minimum atomic E-state index is 0.981. The Bertz CT molecular complexity index is 586. The monoisotopic (exact) mass is 211 g/mol. The molecule has 2 aromatic rings. The second kappa shape index (κ2) is 3.14. The number of nitrogens with zero attached hydrogens (tertiary/aromatic N) is 2. The van der Waals surface area contributed by atoms with Crippen molar-refractivity contribution in [2.75, 3.05) is 0 Å². The molecule has 2 nitrogen and oxygen atoms in total. The molecular weight excluding hydrogens is 196 g/mol. The minimum Gasteiger partial charge on any atom is -0.261 e. The van der Waals surface area contributed by atoms with Crippen LogP contribution in [0.3, 0.4) is 0 Å². The first-order chi connectivity index (χ1) is 7.66. The quantitative estimate of drug-likeness (QED) is 0.521. The fourth-order valence-corrected chi connectivity index (χ4v) is 2.44. The number of hydrogen-bond donors (Lipinski definition) is 0. The van der Waals surface area contributed by atoms with Crippen molar-refractivity contribution in [1.29, 1.82) is 0 Å². The zero-order valence-electron chi connectivity index (χ0n) is 9.91. The van der Waals surface area contributed by atoms with Crippen LogP contribution in [0.5, 0.6) is 0 Å². The molecule has 0 amide bonds. The molecule has 16 heavy (non-hydrogen) atoms. The van der Waals surface area contributed by atoms with Crippen molar-refractivity contribution < 1.29 is 4.57 Å². The molecule has 1 aliphatic heterocycles. The van der Waals surface area contributed by atoms with Crippen molar-refractivity contribution in [2.45, 2.75) is 27.3 Å². The standard InChI is InChI=1S/C14H15N2/c1-9-6-13-14-11(3)15-5-4-12(14)8-16(13)7-10(9)2/h4-7H,8H2,1-3H3/q+1. The van der Waals surface area contributed by atoms with E-state index < -0.39 is 0 Å². The summed E-state index contributed by atoms with van der Waals surface area (Å²) >= 11 is 0. The van der Waals surface area contributed by atoms with Gasteiger partial charge in [-0.25, -0.2) is 0 Å². The van der Waals surface area contributed by atoms with Gasteiger partial charge in [-0.15, -0.1) is 0 Å². The van der Waals surface area contributed by atoms with Gasteiger partial charge < -0.3 is 0 Å². The smallest absolute Gasteiger partial charge is 0.215 e. The Hall–Kier alpha value is -1.70. The van der Waals surface area contributed by atoms with Crippen LogP contribution in [0.2, 0.25) is 0 Å². The summed E-state index contributed by atoms with van der Waals surface area (Å²) < 4.78 is 2.32. The van der Waals surface area contributed by atoms with Crippen LogP contribution in [0.4, 0.5) is 0 Å². The molecule has 0 fully saturated rings. The van der Waals surface area contributed by atoms with Gasteiger partial charge in [-0.2, -0.15) is 4.57 Å². The van der Waals surface area contributed by atoms with Crippen molar-refractivity contribution >= 4 is 0 Å². The molecule has 0 saturated carbocycles. The van der Waals surface area contributed by atoms with Crippen molar-refractivity contribution in [3.63, 3.8) is 0 Å². The molecular formula is C14H15N2+. The first-order valence-corrected chi connectivity index (χ1v) is 5.62. The molecule has 3 heterocycles. The molecule has 0 unspecified atom stereocenters. The Labute approximate surface area is 95.6 Å². The number of hydrogen-bond acceptors (Lipinski definition) is 1. The largest absolute Gasteiger partial charge is 0.261 e. The lowest BCUT2D eigenvalue weighted by atomic mass is 10.0. The lowest BCUT2D eigenvalue weighted by molar-refractivity contribution is -0.672. The normalized spacial score (nSPS) is 12.4. The predicted octanol–water partition coefficient (Wildman–Crippen LogP) is 2.32. The van der Waals surface area contributed by atoms with Crippen molar-refractivity contribution in [3.05, 3.63) is 46.9 Å². The Balaban J connectivity index is 2.32. The van der Waals surface area contributed by atoms with Gasteiger partial charge in [-0.1, -0.05) is 0 Å². The average Bonchev–Trinajstić information content (AvgIpc) is 2.58. The third-order valence-corrected chi connectivity index (χ3v) is 3.46. The van der Waals surface area contributed by atoms with Crippen molar-refractivity contribution in [1.82, 2.24) is 4.98 Å². The highest BCUT2D eigenvalue weighted by Crippen LogP contribution is 2.29. The maximum Gasteiger partial charge on any atom is 0.215 e. The van der Waals surface area contributed by atoms with Gasteiger partial charge in [0.2, 0.25) is 5.69 Å². The van der Waals surface area contributed by atoms with Gasteiger partial charge in [0.25, 0.3) is 0 Å². The van der Waals surface area contributed by atoms with Crippen LogP contribution in [-0.4, -0.2) is 4.98 Å². The van der Waals surface area contributed by atoms with Crippen LogP contribution in [0.1, 0.15) is 22.4 Å². The van der Waals surface area contributed by atoms with Crippen LogP contribution in [-0.2, 0) is 6.54 Å². The third kappa shape index (κ3) is 1.19. The summed E-state index contributed by atoms with van der Waals surface area (Å²) in [5.74, 6) is 0. The molecule has 0 aliphatic carbocycles. The van der Waals surface area contributed by atoms with E-state index in [-0.39, 0.29) is 0 Å². The molecule has 2 heteroatoms. The summed E-state index contributed by atoms with van der Waals surface area (Å²) in [6.07, 6.45) is 4.14. The average molecular weight is 211 g/mol. The molecule has 0 N–H and O–H groups in total. The van der Waals surface area contributed by atoms with E-state index in [0.717, 1.165) is 12.2 Å². The van der Waals surface area contributed by atoms with Gasteiger partial charge >= 0.3 is 0 Å². The van der Waals surface area contributed by atoms with Gasteiger partial charge in [0.05, 0.1) is 11.3 Å². The topological polar surface area (TPSA) is 16.8 Å². The first kappa shape index (κ1) is 9.52. The molecule has 2 aromatic heterocycles. The summed E-state index contributed by atoms with van der Waals surface area (Å²) in [5.41, 5.74) is 7.85. The van der Waals surface area contributed by atoms with Crippen LogP contribution < -0.4 is 4.57 Å². The second-order valence-electron chi connectivity index (χ2n) is 4.58. The molecule has 0 bridgehead atoms. The van der Waals surface area contributed by atoms with Gasteiger partial charge in [0, 0.05) is 23.4 Å². The maximum atomic E-state index is 4.39. The SMILES string of the molecule is Cc1cc2[n+](cc1C)Cc1ccnc(C)c1-2. The molecule has 0 radical (unpaired) electrons. The molecule has 0 atom stereocenters. The second-order valence-corrected chi connectivity index (χ2v) is 4.58. The fraction of sp³-hybridized carbons (Fsp3) is 0.286. The number of fused-ring (bicyclic) bond motifs is 3. The maximum absolute atomic E-state index is 4.39. The van der Waals surface area contributed by atoms with Crippen molar-refractivity contribution in [2.24, 2.45) is 0 Å². The predicted molar refractivity (Wildman–Crippen MR) is 63.2 cm³/mol. The van der Waals surface area contributed by atoms with Gasteiger partial charge in [-0.3, -0.25) is 4.98 Å². The summed E-state index contributed by atoms with van der Waals surface area (Å²) in [5, 5.41) is 0. The van der Waals surface area contributed by atoms with Crippen molar-refractivity contribution in [3.8, 4) is 11.3 Å². The molecule has 0 saturated heterocycles. The van der Waals surface area contributed by atoms with E-state index in [2.05, 4.69) is 48.7 Å². The zero-order valence-corrected chi connectivity index (χ0v) is 9.91. The minimum absolute atomic E-state index is 0.981. The van der Waals surface area contributed by atoms with Gasteiger partial charge in [-0.05, 0) is 32.4 Å². The molecule has 3 rings (SSSR count). The Morgan fingerprint density at radius 1 is 1.19 bits per heavy atom. The van der Waals surface area contributed by atoms with E-state index in [9.17, 15) is 0 Å². The fourth-order valence-electron chi connectivity index (χ4n) is 2.44. The number of pyridine rings is 2. The Morgan fingerprint density at radius 2 is 2.00 bits per heavy atom. The number of rotatable bonds is 0. The number of aryl methyl sites for hydroxylation is 3. The Morgan fingerprint density at radius 3 is 2.81 bits per heavy atom. The van der Waals surface area contributed by atoms with Gasteiger partial charge in [0.15, 0.2) is 12.7 Å². The molecule has 80 valence electrons. The zero-order chi connectivity index (χ0) is 11.3. The Kier molecular flexibility index (Phi) is 1.87. The van der Waals surface area contributed by atoms with E-state index in [0.29, 0.717) is 0 Å². The lowest BCUT2D eigenvalue weighted by Gasteiger charge is -2.01. The highest BCUT2D eigenvalue weighted by molar-refractivity contribution is 5.66.